The highest BCUT2D eigenvalue weighted by atomic mass is 32.2. The van der Waals surface area contributed by atoms with Gasteiger partial charge in [0.15, 0.2) is 17.0 Å². The monoisotopic (exact) mass is 731 g/mol. The van der Waals surface area contributed by atoms with E-state index < -0.39 is 15.3 Å². The summed E-state index contributed by atoms with van der Waals surface area (Å²) in [5.41, 5.74) is 0.533. The molecule has 294 valence electrons. The van der Waals surface area contributed by atoms with Crippen LogP contribution in [0, 0.1) is 5.92 Å². The maximum atomic E-state index is 12.2. The fourth-order valence-corrected chi connectivity index (χ4v) is 8.31. The van der Waals surface area contributed by atoms with E-state index in [9.17, 15) is 8.76 Å². The van der Waals surface area contributed by atoms with Gasteiger partial charge in [0.25, 0.3) is 5.84 Å². The Morgan fingerprint density at radius 1 is 0.627 bits per heavy atom. The summed E-state index contributed by atoms with van der Waals surface area (Å²) in [4.78, 5) is 0. The summed E-state index contributed by atoms with van der Waals surface area (Å²) in [7, 11) is 1.81. The zero-order valence-electron chi connectivity index (χ0n) is 33.4. The van der Waals surface area contributed by atoms with Crippen LogP contribution in [0.3, 0.4) is 0 Å². The second-order valence-corrected chi connectivity index (χ2v) is 16.5. The Balaban J connectivity index is 1.34. The molecule has 2 rings (SSSR count). The SMILES string of the molecule is CCCCCCCCCCCCCCCCCC[C@H](C)CCCCCCCCCCC(CCCCC1=NN=N[N+]1(c1ccccc1)S(=O)[O-])OC. The van der Waals surface area contributed by atoms with Crippen molar-refractivity contribution < 1.29 is 13.5 Å². The summed E-state index contributed by atoms with van der Waals surface area (Å²) in [6.45, 7) is 4.77. The largest absolute Gasteiger partial charge is 0.722 e. The number of ether oxygens (including phenoxy) is 1. The van der Waals surface area contributed by atoms with Crippen LogP contribution >= 0.6 is 0 Å². The molecule has 1 aliphatic rings. The van der Waals surface area contributed by atoms with Crippen LogP contribution in [0.1, 0.15) is 213 Å². The Bertz CT molecular complexity index is 1040. The molecule has 0 fully saturated rings. The maximum Gasteiger partial charge on any atom is 0.270 e. The van der Waals surface area contributed by atoms with Gasteiger partial charge in [0.2, 0.25) is 0 Å². The summed E-state index contributed by atoms with van der Waals surface area (Å²) in [5, 5.41) is 11.8. The Labute approximate surface area is 317 Å². The molecule has 7 nitrogen and oxygen atoms in total. The second kappa shape index (κ2) is 30.9. The van der Waals surface area contributed by atoms with Crippen LogP contribution in [-0.4, -0.2) is 27.8 Å². The smallest absolute Gasteiger partial charge is 0.270 e. The minimum Gasteiger partial charge on any atom is -0.722 e. The van der Waals surface area contributed by atoms with E-state index in [1.54, 1.807) is 24.3 Å². The third-order valence-corrected chi connectivity index (χ3v) is 12.0. The molecule has 0 N–H and O–H groups in total. The fourth-order valence-electron chi connectivity index (χ4n) is 7.62. The van der Waals surface area contributed by atoms with E-state index in [1.807, 2.05) is 13.2 Å². The topological polar surface area (TPSA) is 86.4 Å². The van der Waals surface area contributed by atoms with E-state index in [2.05, 4.69) is 29.4 Å². The van der Waals surface area contributed by atoms with Gasteiger partial charge in [-0.3, -0.25) is 0 Å². The highest BCUT2D eigenvalue weighted by molar-refractivity contribution is 7.79. The predicted octanol–water partition coefficient (Wildman–Crippen LogP) is 14.2. The molecule has 0 bridgehead atoms. The lowest BCUT2D eigenvalue weighted by Gasteiger charge is -2.26. The normalized spacial score (nSPS) is 17.5. The number of amidine groups is 1. The van der Waals surface area contributed by atoms with Crippen molar-refractivity contribution in [2.24, 2.45) is 21.5 Å². The van der Waals surface area contributed by atoms with E-state index in [0.29, 0.717) is 17.9 Å². The van der Waals surface area contributed by atoms with Crippen LogP contribution in [-0.2, 0) is 16.0 Å². The molecular weight excluding hydrogens is 653 g/mol. The minimum atomic E-state index is -2.54. The van der Waals surface area contributed by atoms with E-state index in [-0.39, 0.29) is 6.10 Å². The number of nitrogens with zero attached hydrogens (tertiary/aromatic N) is 4. The fraction of sp³-hybridized carbons (Fsp3) is 0.837. The molecular formula is C43H78N4O3S. The molecule has 0 spiro atoms. The van der Waals surface area contributed by atoms with Gasteiger partial charge in [-0.1, -0.05) is 211 Å². The van der Waals surface area contributed by atoms with Crippen molar-refractivity contribution in [2.45, 2.75) is 219 Å². The minimum absolute atomic E-state index is 0.258. The van der Waals surface area contributed by atoms with Crippen LogP contribution < -0.4 is 4.00 Å². The van der Waals surface area contributed by atoms with Crippen LogP contribution in [0.4, 0.5) is 5.69 Å². The van der Waals surface area contributed by atoms with E-state index in [0.717, 1.165) is 31.6 Å². The average Bonchev–Trinajstić information content (AvgIpc) is 3.58. The van der Waals surface area contributed by atoms with Crippen molar-refractivity contribution in [1.82, 2.24) is 4.00 Å². The lowest BCUT2D eigenvalue weighted by molar-refractivity contribution is 0.0834. The molecule has 8 heteroatoms. The van der Waals surface area contributed by atoms with E-state index in [1.165, 1.54) is 167 Å². The maximum absolute atomic E-state index is 12.2. The molecule has 4 atom stereocenters. The third-order valence-electron chi connectivity index (χ3n) is 11.0. The highest BCUT2D eigenvalue weighted by Crippen LogP contribution is 2.32. The molecule has 0 saturated carbocycles. The van der Waals surface area contributed by atoms with Gasteiger partial charge in [-0.25, -0.2) is 4.21 Å². The van der Waals surface area contributed by atoms with Gasteiger partial charge in [0.1, 0.15) is 0 Å². The number of benzene rings is 1. The van der Waals surface area contributed by atoms with Gasteiger partial charge >= 0.3 is 0 Å². The lowest BCUT2D eigenvalue weighted by Crippen LogP contribution is -2.48. The molecule has 3 unspecified atom stereocenters. The first-order valence-corrected chi connectivity index (χ1v) is 22.6. The summed E-state index contributed by atoms with van der Waals surface area (Å²) < 4.78 is 29.6. The average molecular weight is 731 g/mol. The second-order valence-electron chi connectivity index (χ2n) is 15.5. The number of rotatable bonds is 36. The molecule has 0 amide bonds. The van der Waals surface area contributed by atoms with E-state index in [4.69, 9.17) is 4.74 Å². The van der Waals surface area contributed by atoms with Crippen LogP contribution in [0.2, 0.25) is 0 Å². The van der Waals surface area contributed by atoms with Gasteiger partial charge in [-0.2, -0.15) is 0 Å². The first-order chi connectivity index (χ1) is 25.0. The van der Waals surface area contributed by atoms with E-state index >= 15 is 0 Å². The zero-order valence-corrected chi connectivity index (χ0v) is 34.2. The summed E-state index contributed by atoms with van der Waals surface area (Å²) in [6, 6.07) is 8.97. The standard InChI is InChI=1S/C43H78N4O3S/c1-4-5-6-7-8-9-10-11-12-13-14-15-16-19-22-26-33-40(2)34-27-23-20-17-18-21-24-30-37-42(50-3)38-31-32-39-43-44-45-46-47(43,51(48)49)41-35-28-25-29-36-41/h25,28-29,35-36,40,42H,4-24,26-27,30-34,37-39H2,1-3H3/t40-,42?,47?/m0/s1. The number of hydrogen-bond acceptors (Lipinski definition) is 6. The van der Waals surface area contributed by atoms with Crippen molar-refractivity contribution in [1.29, 1.82) is 0 Å². The Hall–Kier alpha value is -1.48. The van der Waals surface area contributed by atoms with Crippen molar-refractivity contribution >= 4 is 22.8 Å². The van der Waals surface area contributed by atoms with Crippen molar-refractivity contribution in [3.63, 3.8) is 0 Å². The molecule has 1 aliphatic heterocycles. The molecule has 1 aromatic carbocycles. The van der Waals surface area contributed by atoms with Gasteiger partial charge in [0, 0.05) is 30.9 Å². The van der Waals surface area contributed by atoms with Crippen molar-refractivity contribution in [3.8, 4) is 0 Å². The quantitative estimate of drug-likeness (QED) is 0.0391. The van der Waals surface area contributed by atoms with Crippen LogP contribution in [0.15, 0.2) is 45.9 Å². The van der Waals surface area contributed by atoms with Crippen molar-refractivity contribution in [3.05, 3.63) is 30.3 Å². The molecule has 0 radical (unpaired) electrons. The predicted molar refractivity (Wildman–Crippen MR) is 218 cm³/mol. The van der Waals surface area contributed by atoms with Crippen molar-refractivity contribution in [2.75, 3.05) is 7.11 Å². The highest BCUT2D eigenvalue weighted by Gasteiger charge is 2.44. The van der Waals surface area contributed by atoms with Gasteiger partial charge in [-0.15, -0.1) is 0 Å². The van der Waals surface area contributed by atoms with Crippen LogP contribution in [0.25, 0.3) is 0 Å². The number of quaternary nitrogens is 1. The number of methoxy groups -OCH3 is 1. The molecule has 1 heterocycles. The third kappa shape index (κ3) is 20.5. The summed E-state index contributed by atoms with van der Waals surface area (Å²) >= 11 is -2.54. The molecule has 1 aromatic rings. The van der Waals surface area contributed by atoms with Gasteiger partial charge in [0.05, 0.1) is 11.3 Å². The summed E-state index contributed by atoms with van der Waals surface area (Å²) in [5.74, 6) is 1.35. The number of para-hydroxylation sites is 1. The first kappa shape index (κ1) is 45.7. The Kier molecular flexibility index (Phi) is 27.7. The van der Waals surface area contributed by atoms with Gasteiger partial charge in [-0.05, 0) is 29.2 Å². The molecule has 0 saturated heterocycles. The zero-order chi connectivity index (χ0) is 36.7. The molecule has 0 aliphatic carbocycles. The van der Waals surface area contributed by atoms with Gasteiger partial charge < -0.3 is 9.29 Å². The Morgan fingerprint density at radius 2 is 1.04 bits per heavy atom. The molecule has 51 heavy (non-hydrogen) atoms. The first-order valence-electron chi connectivity index (χ1n) is 21.6. The Morgan fingerprint density at radius 3 is 1.47 bits per heavy atom. The number of hydrogen-bond donors (Lipinski definition) is 0. The summed E-state index contributed by atoms with van der Waals surface area (Å²) in [6.07, 6.45) is 41.4. The number of unbranched alkanes of at least 4 members (excludes halogenated alkanes) is 23. The lowest BCUT2D eigenvalue weighted by atomic mass is 9.95. The van der Waals surface area contributed by atoms with Crippen LogP contribution in [0.5, 0.6) is 0 Å². The molecule has 0 aromatic heterocycles.